The summed E-state index contributed by atoms with van der Waals surface area (Å²) in [6.45, 7) is 0.193. The summed E-state index contributed by atoms with van der Waals surface area (Å²) in [4.78, 5) is 40.2. The lowest BCUT2D eigenvalue weighted by molar-refractivity contribution is -0.384. The van der Waals surface area contributed by atoms with Crippen molar-refractivity contribution in [1.29, 1.82) is 0 Å². The van der Waals surface area contributed by atoms with Crippen LogP contribution in [0.15, 0.2) is 63.2 Å². The van der Waals surface area contributed by atoms with Gasteiger partial charge in [0, 0.05) is 36.8 Å². The van der Waals surface area contributed by atoms with Crippen LogP contribution in [0.25, 0.3) is 11.2 Å². The Balaban J connectivity index is 1.81. The number of halogens is 1. The second kappa shape index (κ2) is 8.71. The highest BCUT2D eigenvalue weighted by molar-refractivity contribution is 6.31. The molecule has 0 aliphatic carbocycles. The van der Waals surface area contributed by atoms with Crippen LogP contribution in [0.4, 0.5) is 11.6 Å². The molecule has 0 radical (unpaired) electrons. The number of non-ortho nitro benzene ring substituents is 1. The van der Waals surface area contributed by atoms with E-state index < -0.39 is 16.2 Å². The highest BCUT2D eigenvalue weighted by Crippen LogP contribution is 2.22. The molecule has 0 spiro atoms. The SMILES string of the molecule is Cn1c(=O)c2c(nc(N/N=C/c3cccc([N+](=O)[O-])c3)n2Cc2ccccc2Cl)n(C)c1=O. The summed E-state index contributed by atoms with van der Waals surface area (Å²) in [5.74, 6) is 0.199. The molecule has 12 heteroatoms. The first-order chi connectivity index (χ1) is 15.8. The second-order valence-corrected chi connectivity index (χ2v) is 7.62. The van der Waals surface area contributed by atoms with Gasteiger partial charge in [0.05, 0.1) is 17.7 Å². The van der Waals surface area contributed by atoms with Crippen LogP contribution in [0.2, 0.25) is 5.02 Å². The molecule has 1 N–H and O–H groups in total. The number of fused-ring (bicyclic) bond motifs is 1. The maximum absolute atomic E-state index is 12.9. The molecule has 168 valence electrons. The number of nitrogens with zero attached hydrogens (tertiary/aromatic N) is 6. The molecule has 11 nitrogen and oxygen atoms in total. The first-order valence-electron chi connectivity index (χ1n) is 9.71. The smallest absolute Gasteiger partial charge is 0.298 e. The Hall–Kier alpha value is -4.25. The van der Waals surface area contributed by atoms with E-state index in [9.17, 15) is 19.7 Å². The molecule has 2 aromatic carbocycles. The fraction of sp³-hybridized carbons (Fsp3) is 0.143. The molecule has 0 bridgehead atoms. The number of anilines is 1. The highest BCUT2D eigenvalue weighted by Gasteiger charge is 2.19. The van der Waals surface area contributed by atoms with Crippen LogP contribution in [0.1, 0.15) is 11.1 Å². The number of imidazole rings is 1. The van der Waals surface area contributed by atoms with Gasteiger partial charge in [-0.25, -0.2) is 10.2 Å². The molecule has 0 unspecified atom stereocenters. The number of aromatic nitrogens is 4. The van der Waals surface area contributed by atoms with Gasteiger partial charge in [0.25, 0.3) is 11.2 Å². The average molecular weight is 468 g/mol. The molecule has 0 aliphatic heterocycles. The Labute approximate surface area is 191 Å². The predicted molar refractivity (Wildman–Crippen MR) is 125 cm³/mol. The molecule has 0 fully saturated rings. The Morgan fingerprint density at radius 3 is 2.64 bits per heavy atom. The first kappa shape index (κ1) is 22.0. The number of hydrogen-bond acceptors (Lipinski definition) is 7. The lowest BCUT2D eigenvalue weighted by Crippen LogP contribution is -2.37. The van der Waals surface area contributed by atoms with Crippen LogP contribution in [0, 0.1) is 10.1 Å². The molecule has 2 heterocycles. The minimum Gasteiger partial charge on any atom is -0.298 e. The zero-order valence-corrected chi connectivity index (χ0v) is 18.4. The van der Waals surface area contributed by atoms with Gasteiger partial charge in [0.2, 0.25) is 5.95 Å². The van der Waals surface area contributed by atoms with E-state index >= 15 is 0 Å². The summed E-state index contributed by atoms with van der Waals surface area (Å²) in [7, 11) is 2.91. The quantitative estimate of drug-likeness (QED) is 0.263. The summed E-state index contributed by atoms with van der Waals surface area (Å²) >= 11 is 6.32. The normalized spacial score (nSPS) is 11.4. The average Bonchev–Trinajstić information content (AvgIpc) is 3.16. The zero-order valence-electron chi connectivity index (χ0n) is 17.6. The number of rotatable bonds is 6. The topological polar surface area (TPSA) is 129 Å². The van der Waals surface area contributed by atoms with Crippen LogP contribution in [-0.2, 0) is 20.6 Å². The molecule has 0 amide bonds. The van der Waals surface area contributed by atoms with Crippen LogP contribution in [-0.4, -0.2) is 29.8 Å². The van der Waals surface area contributed by atoms with E-state index in [0.717, 1.165) is 10.1 Å². The minimum atomic E-state index is -0.512. The summed E-state index contributed by atoms with van der Waals surface area (Å²) in [5.41, 5.74) is 3.30. The standard InChI is InChI=1S/C21H18ClN7O4/c1-26-18-17(19(30)27(2)21(26)31)28(12-14-7-3-4-9-16(14)22)20(24-18)25-23-11-13-6-5-8-15(10-13)29(32)33/h3-11H,12H2,1-2H3,(H,24,25)/b23-11+. The lowest BCUT2D eigenvalue weighted by Gasteiger charge is -2.10. The van der Waals surface area contributed by atoms with Gasteiger partial charge in [-0.15, -0.1) is 0 Å². The van der Waals surface area contributed by atoms with Gasteiger partial charge in [-0.3, -0.25) is 28.6 Å². The van der Waals surface area contributed by atoms with Crippen molar-refractivity contribution in [2.45, 2.75) is 6.54 Å². The number of nitro groups is 1. The molecular formula is C21H18ClN7O4. The Kier molecular flexibility index (Phi) is 5.80. The van der Waals surface area contributed by atoms with Gasteiger partial charge in [-0.05, 0) is 11.6 Å². The van der Waals surface area contributed by atoms with Crippen LogP contribution in [0.5, 0.6) is 0 Å². The summed E-state index contributed by atoms with van der Waals surface area (Å²) in [5, 5.41) is 15.6. The van der Waals surface area contributed by atoms with E-state index in [4.69, 9.17) is 11.6 Å². The van der Waals surface area contributed by atoms with Gasteiger partial charge in [-0.2, -0.15) is 10.1 Å². The third-order valence-corrected chi connectivity index (χ3v) is 5.46. The van der Waals surface area contributed by atoms with Gasteiger partial charge >= 0.3 is 5.69 Å². The summed E-state index contributed by atoms with van der Waals surface area (Å²) in [6, 6.07) is 13.1. The second-order valence-electron chi connectivity index (χ2n) is 7.21. The Morgan fingerprint density at radius 1 is 1.15 bits per heavy atom. The van der Waals surface area contributed by atoms with Crippen molar-refractivity contribution in [2.24, 2.45) is 19.2 Å². The third kappa shape index (κ3) is 4.13. The van der Waals surface area contributed by atoms with E-state index in [0.29, 0.717) is 10.6 Å². The molecular weight excluding hydrogens is 450 g/mol. The molecule has 2 aromatic heterocycles. The van der Waals surface area contributed by atoms with Crippen molar-refractivity contribution in [3.05, 3.63) is 95.6 Å². The van der Waals surface area contributed by atoms with Gasteiger partial charge < -0.3 is 0 Å². The predicted octanol–water partition coefficient (Wildman–Crippen LogP) is 2.49. The minimum absolute atomic E-state index is 0.0663. The fourth-order valence-corrected chi connectivity index (χ4v) is 3.56. The number of hydrazone groups is 1. The van der Waals surface area contributed by atoms with E-state index in [1.807, 2.05) is 12.1 Å². The van der Waals surface area contributed by atoms with Crippen molar-refractivity contribution >= 4 is 40.6 Å². The van der Waals surface area contributed by atoms with Crippen molar-refractivity contribution in [3.63, 3.8) is 0 Å². The summed E-state index contributed by atoms with van der Waals surface area (Å²) < 4.78 is 3.86. The van der Waals surface area contributed by atoms with Crippen LogP contribution < -0.4 is 16.7 Å². The Morgan fingerprint density at radius 2 is 1.91 bits per heavy atom. The third-order valence-electron chi connectivity index (χ3n) is 5.09. The van der Waals surface area contributed by atoms with E-state index in [-0.39, 0.29) is 29.3 Å². The maximum Gasteiger partial charge on any atom is 0.332 e. The van der Waals surface area contributed by atoms with Gasteiger partial charge in [0.1, 0.15) is 0 Å². The Bertz CT molecular complexity index is 1530. The number of nitrogens with one attached hydrogen (secondary N) is 1. The van der Waals surface area contributed by atoms with Crippen molar-refractivity contribution in [1.82, 2.24) is 18.7 Å². The number of nitro benzene ring substituents is 1. The van der Waals surface area contributed by atoms with Crippen LogP contribution in [0.3, 0.4) is 0 Å². The van der Waals surface area contributed by atoms with E-state index in [1.165, 1.54) is 37.0 Å². The molecule has 0 saturated heterocycles. The molecule has 0 saturated carbocycles. The summed E-state index contributed by atoms with van der Waals surface area (Å²) in [6.07, 6.45) is 1.39. The van der Waals surface area contributed by atoms with Crippen LogP contribution >= 0.6 is 11.6 Å². The monoisotopic (exact) mass is 467 g/mol. The number of benzene rings is 2. The molecule has 0 atom stereocenters. The highest BCUT2D eigenvalue weighted by atomic mass is 35.5. The largest absolute Gasteiger partial charge is 0.332 e. The van der Waals surface area contributed by atoms with E-state index in [2.05, 4.69) is 15.5 Å². The molecule has 33 heavy (non-hydrogen) atoms. The van der Waals surface area contributed by atoms with Crippen molar-refractivity contribution in [2.75, 3.05) is 5.43 Å². The maximum atomic E-state index is 12.9. The molecule has 0 aliphatic rings. The zero-order chi connectivity index (χ0) is 23.7. The first-order valence-corrected chi connectivity index (χ1v) is 10.1. The van der Waals surface area contributed by atoms with E-state index in [1.54, 1.807) is 28.8 Å². The molecule has 4 aromatic rings. The number of hydrogen-bond donors (Lipinski definition) is 1. The fourth-order valence-electron chi connectivity index (χ4n) is 3.37. The lowest BCUT2D eigenvalue weighted by atomic mass is 10.2. The van der Waals surface area contributed by atoms with Crippen molar-refractivity contribution in [3.8, 4) is 0 Å². The number of aryl methyl sites for hydroxylation is 1. The van der Waals surface area contributed by atoms with Gasteiger partial charge in [-0.1, -0.05) is 41.9 Å². The molecule has 4 rings (SSSR count). The van der Waals surface area contributed by atoms with Crippen molar-refractivity contribution < 1.29 is 4.92 Å². The van der Waals surface area contributed by atoms with Gasteiger partial charge in [0.15, 0.2) is 11.2 Å².